The Bertz CT molecular complexity index is 768. The molecule has 2 aromatic rings. The SMILES string of the molecule is Cc1ccccc1[C@@H](C)N(C)C(=O)c1cccc(N2CCN(C)CC2)n1. The van der Waals surface area contributed by atoms with E-state index in [9.17, 15) is 4.79 Å². The van der Waals surface area contributed by atoms with Gasteiger partial charge in [0.15, 0.2) is 0 Å². The van der Waals surface area contributed by atoms with E-state index in [1.807, 2.05) is 37.4 Å². The van der Waals surface area contributed by atoms with Gasteiger partial charge in [-0.05, 0) is 44.2 Å². The summed E-state index contributed by atoms with van der Waals surface area (Å²) in [5, 5.41) is 0. The number of nitrogens with zero attached hydrogens (tertiary/aromatic N) is 4. The van der Waals surface area contributed by atoms with E-state index in [1.54, 1.807) is 4.90 Å². The van der Waals surface area contributed by atoms with Crippen LogP contribution >= 0.6 is 0 Å². The number of anilines is 1. The second-order valence-electron chi connectivity index (χ2n) is 7.12. The predicted octanol–water partition coefficient (Wildman–Crippen LogP) is 2.98. The molecule has 0 aliphatic carbocycles. The lowest BCUT2D eigenvalue weighted by atomic mass is 10.0. The summed E-state index contributed by atoms with van der Waals surface area (Å²) in [6, 6.07) is 13.9. The van der Waals surface area contributed by atoms with Crippen molar-refractivity contribution in [1.29, 1.82) is 0 Å². The molecule has 1 fully saturated rings. The molecule has 1 aromatic carbocycles. The number of aromatic nitrogens is 1. The number of carbonyl (C=O) groups is 1. The average molecular weight is 352 g/mol. The zero-order valence-electron chi connectivity index (χ0n) is 16.1. The molecule has 1 aliphatic heterocycles. The van der Waals surface area contributed by atoms with Gasteiger partial charge in [-0.1, -0.05) is 30.3 Å². The van der Waals surface area contributed by atoms with E-state index < -0.39 is 0 Å². The van der Waals surface area contributed by atoms with E-state index in [1.165, 1.54) is 11.1 Å². The van der Waals surface area contributed by atoms with Gasteiger partial charge < -0.3 is 14.7 Å². The fourth-order valence-electron chi connectivity index (χ4n) is 3.37. The molecule has 1 amide bonds. The number of hydrogen-bond acceptors (Lipinski definition) is 4. The van der Waals surface area contributed by atoms with E-state index >= 15 is 0 Å². The standard InChI is InChI=1S/C21H28N4O/c1-16-8-5-6-9-18(16)17(2)24(4)21(26)19-10-7-11-20(22-19)25-14-12-23(3)13-15-25/h5-11,17H,12-15H2,1-4H3/t17-/m1/s1. The number of benzene rings is 1. The van der Waals surface area contributed by atoms with Crippen LogP contribution in [0.2, 0.25) is 0 Å². The molecule has 5 heteroatoms. The normalized spacial score (nSPS) is 16.4. The van der Waals surface area contributed by atoms with E-state index in [2.05, 4.69) is 47.8 Å². The Kier molecular flexibility index (Phi) is 5.57. The maximum Gasteiger partial charge on any atom is 0.272 e. The maximum absolute atomic E-state index is 13.0. The summed E-state index contributed by atoms with van der Waals surface area (Å²) >= 11 is 0. The highest BCUT2D eigenvalue weighted by molar-refractivity contribution is 5.92. The van der Waals surface area contributed by atoms with Crippen LogP contribution in [0.4, 0.5) is 5.82 Å². The number of carbonyl (C=O) groups excluding carboxylic acids is 1. The second kappa shape index (κ2) is 7.87. The van der Waals surface area contributed by atoms with Crippen LogP contribution in [0, 0.1) is 6.92 Å². The first-order chi connectivity index (χ1) is 12.5. The van der Waals surface area contributed by atoms with Crippen LogP contribution < -0.4 is 4.90 Å². The Hall–Kier alpha value is -2.40. The predicted molar refractivity (Wildman–Crippen MR) is 106 cm³/mol. The van der Waals surface area contributed by atoms with Crippen molar-refractivity contribution in [1.82, 2.24) is 14.8 Å². The largest absolute Gasteiger partial charge is 0.354 e. The van der Waals surface area contributed by atoms with Crippen molar-refractivity contribution in [3.05, 3.63) is 59.3 Å². The molecule has 0 unspecified atom stereocenters. The number of pyridine rings is 1. The third-order valence-electron chi connectivity index (χ3n) is 5.32. The molecule has 0 radical (unpaired) electrons. The fraction of sp³-hybridized carbons (Fsp3) is 0.429. The molecule has 1 aromatic heterocycles. The zero-order chi connectivity index (χ0) is 18.7. The minimum atomic E-state index is -0.0447. The summed E-state index contributed by atoms with van der Waals surface area (Å²) < 4.78 is 0. The number of likely N-dealkylation sites (N-methyl/N-ethyl adjacent to an activating group) is 1. The third kappa shape index (κ3) is 3.88. The van der Waals surface area contributed by atoms with Crippen LogP contribution in [-0.2, 0) is 0 Å². The monoisotopic (exact) mass is 352 g/mol. The molecule has 1 aliphatic rings. The van der Waals surface area contributed by atoms with Crippen molar-refractivity contribution in [3.8, 4) is 0 Å². The highest BCUT2D eigenvalue weighted by Crippen LogP contribution is 2.24. The molecule has 0 saturated carbocycles. The molecule has 0 N–H and O–H groups in total. The van der Waals surface area contributed by atoms with Crippen molar-refractivity contribution in [2.75, 3.05) is 45.2 Å². The average Bonchev–Trinajstić information content (AvgIpc) is 2.67. The van der Waals surface area contributed by atoms with Gasteiger partial charge in [0.1, 0.15) is 11.5 Å². The lowest BCUT2D eigenvalue weighted by Crippen LogP contribution is -2.45. The molecule has 2 heterocycles. The zero-order valence-corrected chi connectivity index (χ0v) is 16.1. The summed E-state index contributed by atoms with van der Waals surface area (Å²) in [6.07, 6.45) is 0. The van der Waals surface area contributed by atoms with Crippen molar-refractivity contribution in [3.63, 3.8) is 0 Å². The minimum absolute atomic E-state index is 0.00204. The Balaban J connectivity index is 1.77. The van der Waals surface area contributed by atoms with Crippen molar-refractivity contribution < 1.29 is 4.79 Å². The van der Waals surface area contributed by atoms with E-state index in [0.717, 1.165) is 32.0 Å². The Morgan fingerprint density at radius 3 is 2.46 bits per heavy atom. The Morgan fingerprint density at radius 2 is 1.77 bits per heavy atom. The fourth-order valence-corrected chi connectivity index (χ4v) is 3.37. The molecular weight excluding hydrogens is 324 g/mol. The summed E-state index contributed by atoms with van der Waals surface area (Å²) in [5.41, 5.74) is 2.86. The van der Waals surface area contributed by atoms with E-state index in [4.69, 9.17) is 0 Å². The molecule has 1 atom stereocenters. The summed E-state index contributed by atoms with van der Waals surface area (Å²) in [4.78, 5) is 24.0. The van der Waals surface area contributed by atoms with Gasteiger partial charge in [0.05, 0.1) is 6.04 Å². The summed E-state index contributed by atoms with van der Waals surface area (Å²) in [7, 11) is 3.98. The lowest BCUT2D eigenvalue weighted by molar-refractivity contribution is 0.0736. The van der Waals surface area contributed by atoms with Gasteiger partial charge in [0.25, 0.3) is 5.91 Å². The molecule has 26 heavy (non-hydrogen) atoms. The van der Waals surface area contributed by atoms with Gasteiger partial charge in [0, 0.05) is 33.2 Å². The van der Waals surface area contributed by atoms with Crippen LogP contribution in [0.15, 0.2) is 42.5 Å². The third-order valence-corrected chi connectivity index (χ3v) is 5.32. The summed E-state index contributed by atoms with van der Waals surface area (Å²) in [5.74, 6) is 0.845. The van der Waals surface area contributed by atoms with Crippen LogP contribution in [-0.4, -0.2) is 61.0 Å². The highest BCUT2D eigenvalue weighted by atomic mass is 16.2. The van der Waals surface area contributed by atoms with Crippen LogP contribution in [0.3, 0.4) is 0 Å². The Labute approximate surface area is 156 Å². The number of hydrogen-bond donors (Lipinski definition) is 0. The van der Waals surface area contributed by atoms with Crippen molar-refractivity contribution >= 4 is 11.7 Å². The second-order valence-corrected chi connectivity index (χ2v) is 7.12. The first-order valence-electron chi connectivity index (χ1n) is 9.20. The van der Waals surface area contributed by atoms with Gasteiger partial charge >= 0.3 is 0 Å². The van der Waals surface area contributed by atoms with Crippen molar-refractivity contribution in [2.24, 2.45) is 0 Å². The van der Waals surface area contributed by atoms with Crippen LogP contribution in [0.25, 0.3) is 0 Å². The number of rotatable bonds is 4. The smallest absolute Gasteiger partial charge is 0.272 e. The van der Waals surface area contributed by atoms with Crippen LogP contribution in [0.1, 0.15) is 34.6 Å². The first-order valence-corrected chi connectivity index (χ1v) is 9.20. The maximum atomic E-state index is 13.0. The topological polar surface area (TPSA) is 39.7 Å². The Morgan fingerprint density at radius 1 is 1.08 bits per heavy atom. The molecule has 0 spiro atoms. The molecule has 138 valence electrons. The number of amides is 1. The molecule has 1 saturated heterocycles. The van der Waals surface area contributed by atoms with Gasteiger partial charge in [0.2, 0.25) is 0 Å². The molecule has 5 nitrogen and oxygen atoms in total. The molecular formula is C21H28N4O. The highest BCUT2D eigenvalue weighted by Gasteiger charge is 2.22. The van der Waals surface area contributed by atoms with Gasteiger partial charge in [-0.25, -0.2) is 4.98 Å². The quantitative estimate of drug-likeness (QED) is 0.848. The number of piperazine rings is 1. The summed E-state index contributed by atoms with van der Waals surface area (Å²) in [6.45, 7) is 8.06. The number of aryl methyl sites for hydroxylation is 1. The lowest BCUT2D eigenvalue weighted by Gasteiger charge is -2.33. The minimum Gasteiger partial charge on any atom is -0.354 e. The van der Waals surface area contributed by atoms with Gasteiger partial charge in [-0.2, -0.15) is 0 Å². The first kappa shape index (κ1) is 18.4. The van der Waals surface area contributed by atoms with E-state index in [0.29, 0.717) is 5.69 Å². The van der Waals surface area contributed by atoms with Crippen LogP contribution in [0.5, 0.6) is 0 Å². The van der Waals surface area contributed by atoms with E-state index in [-0.39, 0.29) is 11.9 Å². The molecule has 0 bridgehead atoms. The van der Waals surface area contributed by atoms with Crippen molar-refractivity contribution in [2.45, 2.75) is 19.9 Å². The van der Waals surface area contributed by atoms with Gasteiger partial charge in [-0.15, -0.1) is 0 Å². The van der Waals surface area contributed by atoms with Gasteiger partial charge in [-0.3, -0.25) is 4.79 Å². The molecule has 3 rings (SSSR count).